The van der Waals surface area contributed by atoms with E-state index < -0.39 is 5.97 Å². The van der Waals surface area contributed by atoms with Crippen LogP contribution in [0.1, 0.15) is 26.3 Å². The van der Waals surface area contributed by atoms with Gasteiger partial charge in [0.25, 0.3) is 5.91 Å². The topological polar surface area (TPSA) is 66.4 Å². The van der Waals surface area contributed by atoms with Crippen LogP contribution in [0.3, 0.4) is 0 Å². The lowest BCUT2D eigenvalue weighted by atomic mass is 10.1. The maximum absolute atomic E-state index is 12.0. The fourth-order valence-corrected chi connectivity index (χ4v) is 1.95. The van der Waals surface area contributed by atoms with Crippen LogP contribution < -0.4 is 5.32 Å². The number of carbonyl (C=O) groups is 2. The van der Waals surface area contributed by atoms with Crippen LogP contribution in [0.25, 0.3) is 0 Å². The standard InChI is InChI=1S/C15H12ClNO3/c1-9-8-12(16)6-7-13(9)17-14(18)10-2-4-11(5-3-10)15(19)20/h2-8H,1H3,(H,17,18)(H,19,20). The predicted octanol–water partition coefficient (Wildman–Crippen LogP) is 3.60. The Morgan fingerprint density at radius 3 is 2.20 bits per heavy atom. The molecule has 2 rings (SSSR count). The molecule has 5 heteroatoms. The van der Waals surface area contributed by atoms with E-state index in [1.165, 1.54) is 24.3 Å². The molecule has 0 aromatic heterocycles. The van der Waals surface area contributed by atoms with Crippen molar-refractivity contribution in [1.82, 2.24) is 0 Å². The van der Waals surface area contributed by atoms with Gasteiger partial charge >= 0.3 is 5.97 Å². The molecule has 2 aromatic rings. The van der Waals surface area contributed by atoms with Crippen molar-refractivity contribution in [3.8, 4) is 0 Å². The van der Waals surface area contributed by atoms with Crippen LogP contribution >= 0.6 is 11.6 Å². The van der Waals surface area contributed by atoms with Gasteiger partial charge < -0.3 is 10.4 Å². The summed E-state index contributed by atoms with van der Waals surface area (Å²) in [5.41, 5.74) is 2.06. The molecule has 0 aliphatic rings. The zero-order chi connectivity index (χ0) is 14.7. The smallest absolute Gasteiger partial charge is 0.335 e. The Kier molecular flexibility index (Phi) is 4.05. The molecule has 0 saturated heterocycles. The Balaban J connectivity index is 2.17. The van der Waals surface area contributed by atoms with E-state index in [0.29, 0.717) is 16.3 Å². The number of hydrogen-bond acceptors (Lipinski definition) is 2. The number of anilines is 1. The van der Waals surface area contributed by atoms with Gasteiger partial charge in [0.2, 0.25) is 0 Å². The largest absolute Gasteiger partial charge is 0.478 e. The first kappa shape index (κ1) is 14.1. The fourth-order valence-electron chi connectivity index (χ4n) is 1.73. The molecule has 0 unspecified atom stereocenters. The van der Waals surface area contributed by atoms with Crippen molar-refractivity contribution in [1.29, 1.82) is 0 Å². The van der Waals surface area contributed by atoms with Crippen LogP contribution in [0.2, 0.25) is 5.02 Å². The van der Waals surface area contributed by atoms with Crippen LogP contribution in [0.4, 0.5) is 5.69 Å². The normalized spacial score (nSPS) is 10.1. The van der Waals surface area contributed by atoms with Crippen LogP contribution in [0.5, 0.6) is 0 Å². The summed E-state index contributed by atoms with van der Waals surface area (Å²) in [4.78, 5) is 22.8. The monoisotopic (exact) mass is 289 g/mol. The maximum Gasteiger partial charge on any atom is 0.335 e. The molecule has 102 valence electrons. The van der Waals surface area contributed by atoms with Gasteiger partial charge in [-0.05, 0) is 55.0 Å². The molecule has 4 nitrogen and oxygen atoms in total. The SMILES string of the molecule is Cc1cc(Cl)ccc1NC(=O)c1ccc(C(=O)O)cc1. The van der Waals surface area contributed by atoms with Crippen molar-refractivity contribution in [3.05, 3.63) is 64.2 Å². The molecule has 0 atom stereocenters. The molecule has 2 aromatic carbocycles. The Morgan fingerprint density at radius 1 is 1.05 bits per heavy atom. The minimum Gasteiger partial charge on any atom is -0.478 e. The third kappa shape index (κ3) is 3.16. The quantitative estimate of drug-likeness (QED) is 0.907. The van der Waals surface area contributed by atoms with Crippen molar-refractivity contribution in [2.45, 2.75) is 6.92 Å². The number of hydrogen-bond donors (Lipinski definition) is 2. The van der Waals surface area contributed by atoms with Gasteiger partial charge in [0.1, 0.15) is 0 Å². The van der Waals surface area contributed by atoms with Crippen LogP contribution in [-0.4, -0.2) is 17.0 Å². The second kappa shape index (κ2) is 5.75. The van der Waals surface area contributed by atoms with Gasteiger partial charge in [-0.25, -0.2) is 4.79 Å². The summed E-state index contributed by atoms with van der Waals surface area (Å²) in [6, 6.07) is 10.9. The number of carboxylic acid groups (broad SMARTS) is 1. The summed E-state index contributed by atoms with van der Waals surface area (Å²) in [7, 11) is 0. The van der Waals surface area contributed by atoms with Gasteiger partial charge in [-0.3, -0.25) is 4.79 Å². The number of carbonyl (C=O) groups excluding carboxylic acids is 1. The van der Waals surface area contributed by atoms with Crippen molar-refractivity contribution in [3.63, 3.8) is 0 Å². The van der Waals surface area contributed by atoms with Crippen molar-refractivity contribution in [2.75, 3.05) is 5.32 Å². The molecule has 0 saturated carbocycles. The van der Waals surface area contributed by atoms with E-state index in [1.54, 1.807) is 18.2 Å². The number of benzene rings is 2. The molecular weight excluding hydrogens is 278 g/mol. The summed E-state index contributed by atoms with van der Waals surface area (Å²) in [6.45, 7) is 1.84. The number of amides is 1. The van der Waals surface area contributed by atoms with Crippen LogP contribution in [0.15, 0.2) is 42.5 Å². The van der Waals surface area contributed by atoms with Crippen LogP contribution in [-0.2, 0) is 0 Å². The van der Waals surface area contributed by atoms with E-state index in [2.05, 4.69) is 5.32 Å². The lowest BCUT2D eigenvalue weighted by molar-refractivity contribution is 0.0696. The summed E-state index contributed by atoms with van der Waals surface area (Å²) in [5.74, 6) is -1.32. The molecule has 0 fully saturated rings. The third-order valence-corrected chi connectivity index (χ3v) is 3.07. The average Bonchev–Trinajstić information content (AvgIpc) is 2.42. The Bertz CT molecular complexity index is 665. The minimum absolute atomic E-state index is 0.143. The first-order valence-corrected chi connectivity index (χ1v) is 6.26. The van der Waals surface area contributed by atoms with E-state index in [1.807, 2.05) is 6.92 Å². The molecule has 1 amide bonds. The molecular formula is C15H12ClNO3. The highest BCUT2D eigenvalue weighted by Crippen LogP contribution is 2.20. The van der Waals surface area contributed by atoms with Gasteiger partial charge in [-0.1, -0.05) is 11.6 Å². The number of aromatic carboxylic acids is 1. The maximum atomic E-state index is 12.0. The van der Waals surface area contributed by atoms with Crippen molar-refractivity contribution < 1.29 is 14.7 Å². The first-order chi connectivity index (χ1) is 9.47. The predicted molar refractivity (Wildman–Crippen MR) is 77.5 cm³/mol. The number of nitrogens with one attached hydrogen (secondary N) is 1. The van der Waals surface area contributed by atoms with Gasteiger partial charge in [-0.2, -0.15) is 0 Å². The summed E-state index contributed by atoms with van der Waals surface area (Å²) >= 11 is 5.85. The number of rotatable bonds is 3. The highest BCUT2D eigenvalue weighted by molar-refractivity contribution is 6.30. The lowest BCUT2D eigenvalue weighted by Gasteiger charge is -2.08. The first-order valence-electron chi connectivity index (χ1n) is 5.88. The number of aryl methyl sites for hydroxylation is 1. The Morgan fingerprint density at radius 2 is 1.65 bits per heavy atom. The second-order valence-corrected chi connectivity index (χ2v) is 4.73. The zero-order valence-electron chi connectivity index (χ0n) is 10.7. The number of halogens is 1. The minimum atomic E-state index is -1.02. The molecule has 0 radical (unpaired) electrons. The highest BCUT2D eigenvalue weighted by Gasteiger charge is 2.09. The Hall–Kier alpha value is -2.33. The van der Waals surface area contributed by atoms with E-state index in [9.17, 15) is 9.59 Å². The van der Waals surface area contributed by atoms with Gasteiger partial charge in [0.05, 0.1) is 5.56 Å². The van der Waals surface area contributed by atoms with Gasteiger partial charge in [-0.15, -0.1) is 0 Å². The fraction of sp³-hybridized carbons (Fsp3) is 0.0667. The van der Waals surface area contributed by atoms with Gasteiger partial charge in [0, 0.05) is 16.3 Å². The van der Waals surface area contributed by atoms with Crippen LogP contribution in [0, 0.1) is 6.92 Å². The molecule has 0 aliphatic carbocycles. The molecule has 2 N–H and O–H groups in total. The van der Waals surface area contributed by atoms with E-state index in [4.69, 9.17) is 16.7 Å². The third-order valence-electron chi connectivity index (χ3n) is 2.83. The molecule has 0 aliphatic heterocycles. The summed E-state index contributed by atoms with van der Waals surface area (Å²) in [6.07, 6.45) is 0. The summed E-state index contributed by atoms with van der Waals surface area (Å²) < 4.78 is 0. The number of carboxylic acids is 1. The van der Waals surface area contributed by atoms with Crippen molar-refractivity contribution in [2.24, 2.45) is 0 Å². The molecule has 20 heavy (non-hydrogen) atoms. The summed E-state index contributed by atoms with van der Waals surface area (Å²) in [5, 5.41) is 12.2. The van der Waals surface area contributed by atoms with Crippen molar-refractivity contribution >= 4 is 29.2 Å². The second-order valence-electron chi connectivity index (χ2n) is 4.30. The zero-order valence-corrected chi connectivity index (χ0v) is 11.4. The Labute approximate surface area is 121 Å². The molecule has 0 bridgehead atoms. The van der Waals surface area contributed by atoms with E-state index in [-0.39, 0.29) is 11.5 Å². The van der Waals surface area contributed by atoms with E-state index >= 15 is 0 Å². The average molecular weight is 290 g/mol. The molecule has 0 heterocycles. The highest BCUT2D eigenvalue weighted by atomic mass is 35.5. The van der Waals surface area contributed by atoms with E-state index in [0.717, 1.165) is 5.56 Å². The van der Waals surface area contributed by atoms with Gasteiger partial charge in [0.15, 0.2) is 0 Å². The molecule has 0 spiro atoms. The lowest BCUT2D eigenvalue weighted by Crippen LogP contribution is -2.13.